The van der Waals surface area contributed by atoms with Crippen molar-refractivity contribution in [1.29, 1.82) is 0 Å². The second kappa shape index (κ2) is 8.58. The van der Waals surface area contributed by atoms with Crippen molar-refractivity contribution in [3.8, 4) is 0 Å². The maximum atomic E-state index is 2.54. The first kappa shape index (κ1) is 22.3. The molecule has 0 radical (unpaired) electrons. The van der Waals surface area contributed by atoms with Gasteiger partial charge in [-0.15, -0.1) is 0 Å². The molecule has 2 aromatic rings. The summed E-state index contributed by atoms with van der Waals surface area (Å²) in [4.78, 5) is 0. The minimum absolute atomic E-state index is 0.198. The summed E-state index contributed by atoms with van der Waals surface area (Å²) in [6, 6.07) is 10.2. The summed E-state index contributed by atoms with van der Waals surface area (Å²) in [5, 5.41) is 0. The molecule has 0 fully saturated rings. The lowest BCUT2D eigenvalue weighted by Gasteiger charge is -2.25. The van der Waals surface area contributed by atoms with Crippen molar-refractivity contribution in [2.24, 2.45) is 0 Å². The van der Waals surface area contributed by atoms with E-state index in [0.29, 0.717) is 0 Å². The highest BCUT2D eigenvalue weighted by Crippen LogP contribution is 2.37. The summed E-state index contributed by atoms with van der Waals surface area (Å²) in [7, 11) is 0. The number of hydrogen-bond acceptors (Lipinski definition) is 2. The van der Waals surface area contributed by atoms with Gasteiger partial charge in [0.2, 0.25) is 0 Å². The Morgan fingerprint density at radius 2 is 1.00 bits per heavy atom. The lowest BCUT2D eigenvalue weighted by atomic mass is 9.81. The lowest BCUT2D eigenvalue weighted by Crippen LogP contribution is -2.14. The summed E-state index contributed by atoms with van der Waals surface area (Å²) in [5.41, 5.74) is 13.1. The molecule has 0 aromatic heterocycles. The molecule has 30 heavy (non-hydrogen) atoms. The van der Waals surface area contributed by atoms with Crippen LogP contribution < -0.4 is 0 Å². The average molecular weight is 439 g/mol. The Balaban J connectivity index is 1.90. The molecule has 2 aliphatic rings. The predicted molar refractivity (Wildman–Crippen MR) is 137 cm³/mol. The Kier molecular flexibility index (Phi) is 6.39. The number of benzene rings is 2. The number of thioether (sulfide) groups is 2. The molecule has 0 saturated heterocycles. The van der Waals surface area contributed by atoms with E-state index in [1.165, 1.54) is 53.4 Å². The van der Waals surface area contributed by atoms with Crippen molar-refractivity contribution >= 4 is 23.5 Å². The largest absolute Gasteiger partial charge is 0.157 e. The molecule has 0 unspecified atom stereocenters. The molecule has 2 aromatic carbocycles. The van der Waals surface area contributed by atoms with Crippen LogP contribution in [0.3, 0.4) is 0 Å². The summed E-state index contributed by atoms with van der Waals surface area (Å²) < 4.78 is 0. The molecule has 0 spiro atoms. The van der Waals surface area contributed by atoms with Crippen LogP contribution >= 0.6 is 23.5 Å². The minimum Gasteiger partial charge on any atom is -0.157 e. The van der Waals surface area contributed by atoms with Crippen LogP contribution in [0.15, 0.2) is 24.3 Å². The fraction of sp³-hybridized carbons (Fsp3) is 0.571. The number of rotatable bonds is 0. The molecule has 2 bridgehead atoms. The number of hydrogen-bond donors (Lipinski definition) is 0. The van der Waals surface area contributed by atoms with Crippen LogP contribution in [-0.2, 0) is 41.6 Å². The highest BCUT2D eigenvalue weighted by Gasteiger charge is 2.25. The van der Waals surface area contributed by atoms with Gasteiger partial charge in [0, 0.05) is 11.5 Å². The predicted octanol–water partition coefficient (Wildman–Crippen LogP) is 7.84. The van der Waals surface area contributed by atoms with Crippen LogP contribution in [-0.4, -0.2) is 11.5 Å². The fourth-order valence-corrected chi connectivity index (χ4v) is 6.88. The topological polar surface area (TPSA) is 0 Å². The molecule has 2 heteroatoms. The van der Waals surface area contributed by atoms with Gasteiger partial charge in [0.15, 0.2) is 0 Å². The smallest absolute Gasteiger partial charge is 0.0187 e. The summed E-state index contributed by atoms with van der Waals surface area (Å²) in [6.45, 7) is 14.2. The van der Waals surface area contributed by atoms with Crippen LogP contribution in [0.4, 0.5) is 0 Å². The molecule has 0 atom stereocenters. The Bertz CT molecular complexity index is 850. The van der Waals surface area contributed by atoms with Crippen LogP contribution in [0.2, 0.25) is 0 Å². The summed E-state index contributed by atoms with van der Waals surface area (Å²) in [5.74, 6) is 4.91. The van der Waals surface area contributed by atoms with Gasteiger partial charge >= 0.3 is 0 Å². The van der Waals surface area contributed by atoms with Gasteiger partial charge in [-0.05, 0) is 92.5 Å². The van der Waals surface area contributed by atoms with E-state index in [4.69, 9.17) is 0 Å². The first-order valence-corrected chi connectivity index (χ1v) is 13.9. The van der Waals surface area contributed by atoms with Crippen molar-refractivity contribution in [2.75, 3.05) is 11.5 Å². The van der Waals surface area contributed by atoms with Crippen molar-refractivity contribution in [2.45, 2.75) is 89.6 Å². The number of fused-ring (bicyclic) bond motifs is 1. The molecule has 0 N–H and O–H groups in total. The fourth-order valence-electron chi connectivity index (χ4n) is 4.76. The van der Waals surface area contributed by atoms with Gasteiger partial charge in [0.05, 0.1) is 0 Å². The molecule has 1 heterocycles. The van der Waals surface area contributed by atoms with E-state index < -0.39 is 0 Å². The second-order valence-electron chi connectivity index (χ2n) is 11.2. The van der Waals surface area contributed by atoms with Crippen LogP contribution in [0, 0.1) is 0 Å². The maximum Gasteiger partial charge on any atom is 0.0187 e. The van der Waals surface area contributed by atoms with Crippen molar-refractivity contribution in [3.63, 3.8) is 0 Å². The van der Waals surface area contributed by atoms with E-state index in [9.17, 15) is 0 Å². The van der Waals surface area contributed by atoms with E-state index >= 15 is 0 Å². The Morgan fingerprint density at radius 3 is 1.40 bits per heavy atom. The lowest BCUT2D eigenvalue weighted by molar-refractivity contribution is 0.588. The highest BCUT2D eigenvalue weighted by atomic mass is 32.2. The van der Waals surface area contributed by atoms with Gasteiger partial charge < -0.3 is 0 Å². The highest BCUT2D eigenvalue weighted by molar-refractivity contribution is 7.99. The van der Waals surface area contributed by atoms with E-state index in [1.807, 2.05) is 0 Å². The molecule has 4 rings (SSSR count). The van der Waals surface area contributed by atoms with E-state index in [2.05, 4.69) is 89.3 Å². The molecule has 0 amide bonds. The first-order valence-electron chi connectivity index (χ1n) is 11.6. The molecule has 1 aliphatic carbocycles. The summed E-state index contributed by atoms with van der Waals surface area (Å²) in [6.07, 6.45) is 4.83. The van der Waals surface area contributed by atoms with Gasteiger partial charge in [-0.2, -0.15) is 23.5 Å². The van der Waals surface area contributed by atoms with Crippen LogP contribution in [0.1, 0.15) is 92.5 Å². The van der Waals surface area contributed by atoms with Gasteiger partial charge in [0.25, 0.3) is 0 Å². The van der Waals surface area contributed by atoms with E-state index in [0.717, 1.165) is 6.42 Å². The van der Waals surface area contributed by atoms with Crippen LogP contribution in [0.25, 0.3) is 0 Å². The van der Waals surface area contributed by atoms with Gasteiger partial charge in [-0.3, -0.25) is 0 Å². The van der Waals surface area contributed by atoms with Gasteiger partial charge in [0.1, 0.15) is 0 Å². The van der Waals surface area contributed by atoms with E-state index in [-0.39, 0.29) is 10.8 Å². The monoisotopic (exact) mass is 438 g/mol. The summed E-state index contributed by atoms with van der Waals surface area (Å²) >= 11 is 4.28. The molecular formula is C28H38S2. The maximum absolute atomic E-state index is 2.54. The molecule has 162 valence electrons. The third kappa shape index (κ3) is 4.80. The molecule has 0 nitrogen and oxygen atoms in total. The molecule has 1 aliphatic heterocycles. The molecular weight excluding hydrogens is 400 g/mol. The zero-order valence-corrected chi connectivity index (χ0v) is 21.4. The Hall–Kier alpha value is -0.860. The van der Waals surface area contributed by atoms with Crippen molar-refractivity contribution in [1.82, 2.24) is 0 Å². The van der Waals surface area contributed by atoms with Gasteiger partial charge in [-0.25, -0.2) is 0 Å². The SMILES string of the molecule is CC(C)(C)c1cc2c3c(c1)Cc1cc(C(C)(C)C)cc(c1CC3)CSCCCSC2. The van der Waals surface area contributed by atoms with Crippen molar-refractivity contribution in [3.05, 3.63) is 68.8 Å². The zero-order chi connectivity index (χ0) is 21.5. The Labute approximate surface area is 193 Å². The third-order valence-electron chi connectivity index (χ3n) is 6.70. The Morgan fingerprint density at radius 1 is 0.600 bits per heavy atom. The first-order chi connectivity index (χ1) is 14.1. The normalized spacial score (nSPS) is 17.7. The zero-order valence-electron chi connectivity index (χ0n) is 19.8. The van der Waals surface area contributed by atoms with E-state index in [1.54, 1.807) is 33.4 Å². The second-order valence-corrected chi connectivity index (χ2v) is 13.4. The van der Waals surface area contributed by atoms with Crippen LogP contribution in [0.5, 0.6) is 0 Å². The third-order valence-corrected chi connectivity index (χ3v) is 8.88. The van der Waals surface area contributed by atoms with Crippen molar-refractivity contribution < 1.29 is 0 Å². The van der Waals surface area contributed by atoms with Gasteiger partial charge in [-0.1, -0.05) is 65.8 Å². The molecule has 0 saturated carbocycles. The minimum atomic E-state index is 0.198. The quantitative estimate of drug-likeness (QED) is 0.411. The average Bonchev–Trinajstić information content (AvgIpc) is 2.83. The standard InChI is InChI=1S/C28H38S2/c1-27(2,3)23-13-19-12-20-14-24(28(4,5)6)16-22-18-30-11-7-10-29-17-21(15-23)25(19)8-9-26(20)22/h13-16H,7-12,17-18H2,1-6H3.